The summed E-state index contributed by atoms with van der Waals surface area (Å²) in [6.45, 7) is 2.56. The number of aromatic nitrogens is 2. The second-order valence-corrected chi connectivity index (χ2v) is 5.57. The molecule has 18 heavy (non-hydrogen) atoms. The lowest BCUT2D eigenvalue weighted by molar-refractivity contribution is 0.618. The van der Waals surface area contributed by atoms with Crippen molar-refractivity contribution in [2.75, 3.05) is 0 Å². The Morgan fingerprint density at radius 1 is 1.44 bits per heavy atom. The van der Waals surface area contributed by atoms with Crippen molar-refractivity contribution >= 4 is 27.5 Å². The minimum Gasteiger partial charge on any atom is -0.268 e. The van der Waals surface area contributed by atoms with Gasteiger partial charge in [0.25, 0.3) is 0 Å². The molecule has 0 aliphatic rings. The summed E-state index contributed by atoms with van der Waals surface area (Å²) in [4.78, 5) is 0. The zero-order valence-corrected chi connectivity index (χ0v) is 12.2. The number of halogens is 3. The summed E-state index contributed by atoms with van der Waals surface area (Å²) in [6, 6.07) is 4.82. The molecule has 1 unspecified atom stereocenters. The van der Waals surface area contributed by atoms with Crippen LogP contribution >= 0.6 is 27.5 Å². The fraction of sp³-hybridized carbons (Fsp3) is 0.308. The van der Waals surface area contributed by atoms with Crippen LogP contribution in [0, 0.1) is 5.82 Å². The van der Waals surface area contributed by atoms with Crippen molar-refractivity contribution in [2.45, 2.75) is 25.3 Å². The first kappa shape index (κ1) is 13.6. The molecular formula is C13H13BrClFN2. The maximum atomic E-state index is 13.2. The van der Waals surface area contributed by atoms with Crippen LogP contribution in [0.25, 0.3) is 0 Å². The van der Waals surface area contributed by atoms with Crippen LogP contribution in [0.3, 0.4) is 0 Å². The van der Waals surface area contributed by atoms with E-state index in [2.05, 4.69) is 21.0 Å². The van der Waals surface area contributed by atoms with Crippen LogP contribution in [0.2, 0.25) is 0 Å². The minimum absolute atomic E-state index is 0.0157. The molecule has 1 heterocycles. The third kappa shape index (κ3) is 3.33. The number of nitrogens with zero attached hydrogens (tertiary/aromatic N) is 2. The SMILES string of the molecule is CCC(Cl)c1cnn(Cc2cc(F)cc(Br)c2)c1. The van der Waals surface area contributed by atoms with E-state index in [0.717, 1.165) is 22.0 Å². The third-order valence-electron chi connectivity index (χ3n) is 2.64. The number of rotatable bonds is 4. The monoisotopic (exact) mass is 330 g/mol. The lowest BCUT2D eigenvalue weighted by atomic mass is 10.2. The Labute approximate surface area is 119 Å². The third-order valence-corrected chi connectivity index (χ3v) is 3.66. The molecule has 2 rings (SSSR count). The van der Waals surface area contributed by atoms with Crippen molar-refractivity contribution < 1.29 is 4.39 Å². The molecule has 2 nitrogen and oxygen atoms in total. The molecule has 96 valence electrons. The molecule has 0 aliphatic heterocycles. The molecule has 0 N–H and O–H groups in total. The van der Waals surface area contributed by atoms with Gasteiger partial charge in [0, 0.05) is 16.2 Å². The molecule has 0 fully saturated rings. The maximum Gasteiger partial charge on any atom is 0.124 e. The second-order valence-electron chi connectivity index (χ2n) is 4.12. The Kier molecular flexibility index (Phi) is 4.40. The van der Waals surface area contributed by atoms with E-state index in [1.165, 1.54) is 12.1 Å². The zero-order valence-electron chi connectivity index (χ0n) is 9.91. The van der Waals surface area contributed by atoms with Gasteiger partial charge >= 0.3 is 0 Å². The highest BCUT2D eigenvalue weighted by Crippen LogP contribution is 2.23. The summed E-state index contributed by atoms with van der Waals surface area (Å²) in [5, 5.41) is 4.22. The van der Waals surface area contributed by atoms with Crippen LogP contribution in [0.1, 0.15) is 29.8 Å². The summed E-state index contributed by atoms with van der Waals surface area (Å²) >= 11 is 9.41. The first-order chi connectivity index (χ1) is 8.58. The van der Waals surface area contributed by atoms with E-state index in [9.17, 15) is 4.39 Å². The Balaban J connectivity index is 2.16. The van der Waals surface area contributed by atoms with Gasteiger partial charge in [-0.05, 0) is 30.2 Å². The maximum absolute atomic E-state index is 13.2. The smallest absolute Gasteiger partial charge is 0.124 e. The molecule has 5 heteroatoms. The first-order valence-electron chi connectivity index (χ1n) is 5.70. The van der Waals surface area contributed by atoms with Gasteiger partial charge in [-0.2, -0.15) is 5.10 Å². The van der Waals surface area contributed by atoms with Gasteiger partial charge in [-0.25, -0.2) is 4.39 Å². The number of hydrogen-bond acceptors (Lipinski definition) is 1. The van der Waals surface area contributed by atoms with Crippen LogP contribution < -0.4 is 0 Å². The largest absolute Gasteiger partial charge is 0.268 e. The van der Waals surface area contributed by atoms with Gasteiger partial charge in [-0.15, -0.1) is 11.6 Å². The highest BCUT2D eigenvalue weighted by Gasteiger charge is 2.08. The summed E-state index contributed by atoms with van der Waals surface area (Å²) < 4.78 is 15.7. The van der Waals surface area contributed by atoms with Gasteiger partial charge < -0.3 is 0 Å². The molecule has 0 saturated heterocycles. The van der Waals surface area contributed by atoms with Gasteiger partial charge in [0.05, 0.1) is 18.1 Å². The van der Waals surface area contributed by atoms with Crippen molar-refractivity contribution in [1.82, 2.24) is 9.78 Å². The Bertz CT molecular complexity index is 521. The van der Waals surface area contributed by atoms with Crippen LogP contribution in [0.4, 0.5) is 4.39 Å². The molecule has 1 aromatic heterocycles. The van der Waals surface area contributed by atoms with Gasteiger partial charge in [0.15, 0.2) is 0 Å². The Hall–Kier alpha value is -0.870. The van der Waals surface area contributed by atoms with Gasteiger partial charge in [0.2, 0.25) is 0 Å². The van der Waals surface area contributed by atoms with Gasteiger partial charge in [0.1, 0.15) is 5.82 Å². The molecule has 1 aromatic carbocycles. The average Bonchev–Trinajstić information content (AvgIpc) is 2.75. The Morgan fingerprint density at radius 3 is 2.89 bits per heavy atom. The topological polar surface area (TPSA) is 17.8 Å². The molecule has 0 amide bonds. The number of benzene rings is 1. The van der Waals surface area contributed by atoms with Crippen molar-refractivity contribution in [1.29, 1.82) is 0 Å². The number of hydrogen-bond donors (Lipinski definition) is 0. The average molecular weight is 332 g/mol. The van der Waals surface area contributed by atoms with E-state index in [0.29, 0.717) is 6.54 Å². The van der Waals surface area contributed by atoms with E-state index in [1.54, 1.807) is 10.9 Å². The lowest BCUT2D eigenvalue weighted by Crippen LogP contribution is -2.00. The van der Waals surface area contributed by atoms with Crippen LogP contribution in [-0.2, 0) is 6.54 Å². The number of alkyl halides is 1. The summed E-state index contributed by atoms with van der Waals surface area (Å²) in [7, 11) is 0. The van der Waals surface area contributed by atoms with Crippen molar-refractivity contribution in [3.63, 3.8) is 0 Å². The van der Waals surface area contributed by atoms with Crippen LogP contribution in [0.15, 0.2) is 35.1 Å². The Morgan fingerprint density at radius 2 is 2.22 bits per heavy atom. The van der Waals surface area contributed by atoms with E-state index in [4.69, 9.17) is 11.6 Å². The zero-order chi connectivity index (χ0) is 13.1. The molecule has 1 atom stereocenters. The lowest BCUT2D eigenvalue weighted by Gasteiger charge is -2.04. The molecule has 0 bridgehead atoms. The molecule has 0 spiro atoms. The molecular weight excluding hydrogens is 319 g/mol. The first-order valence-corrected chi connectivity index (χ1v) is 6.93. The highest BCUT2D eigenvalue weighted by molar-refractivity contribution is 9.10. The molecule has 0 radical (unpaired) electrons. The highest BCUT2D eigenvalue weighted by atomic mass is 79.9. The minimum atomic E-state index is -0.254. The summed E-state index contributed by atoms with van der Waals surface area (Å²) in [5.74, 6) is -0.254. The van der Waals surface area contributed by atoms with Crippen molar-refractivity contribution in [3.05, 3.63) is 52.0 Å². The van der Waals surface area contributed by atoms with Crippen LogP contribution in [-0.4, -0.2) is 9.78 Å². The van der Waals surface area contributed by atoms with Crippen molar-refractivity contribution in [3.8, 4) is 0 Å². The van der Waals surface area contributed by atoms with Crippen LogP contribution in [0.5, 0.6) is 0 Å². The predicted molar refractivity (Wildman–Crippen MR) is 74.3 cm³/mol. The second kappa shape index (κ2) is 5.85. The van der Waals surface area contributed by atoms with E-state index < -0.39 is 0 Å². The van der Waals surface area contributed by atoms with E-state index in [1.807, 2.05) is 19.2 Å². The summed E-state index contributed by atoms with van der Waals surface area (Å²) in [5.41, 5.74) is 1.86. The molecule has 0 aliphatic carbocycles. The fourth-order valence-corrected chi connectivity index (χ4v) is 2.38. The quantitative estimate of drug-likeness (QED) is 0.753. The molecule has 0 saturated carbocycles. The van der Waals surface area contributed by atoms with E-state index >= 15 is 0 Å². The van der Waals surface area contributed by atoms with Gasteiger partial charge in [-0.3, -0.25) is 4.68 Å². The predicted octanol–water partition coefficient (Wildman–Crippen LogP) is 4.52. The fourth-order valence-electron chi connectivity index (χ4n) is 1.75. The normalized spacial score (nSPS) is 12.7. The van der Waals surface area contributed by atoms with E-state index in [-0.39, 0.29) is 11.2 Å². The standard InChI is InChI=1S/C13H13BrClFN2/c1-2-13(15)10-6-17-18(8-10)7-9-3-11(14)5-12(16)4-9/h3-6,8,13H,2,7H2,1H3. The van der Waals surface area contributed by atoms with Crippen molar-refractivity contribution in [2.24, 2.45) is 0 Å². The summed E-state index contributed by atoms with van der Waals surface area (Å²) in [6.07, 6.45) is 4.52. The molecule has 2 aromatic rings. The van der Waals surface area contributed by atoms with Gasteiger partial charge in [-0.1, -0.05) is 22.9 Å².